The van der Waals surface area contributed by atoms with Crippen LogP contribution >= 0.6 is 22.9 Å². The number of ether oxygens (including phenoxy) is 1. The third-order valence-corrected chi connectivity index (χ3v) is 8.95. The summed E-state index contributed by atoms with van der Waals surface area (Å²) in [5.74, 6) is -1.74. The Balaban J connectivity index is 1.38. The Morgan fingerprint density at radius 1 is 1.12 bits per heavy atom. The minimum absolute atomic E-state index is 0.0200. The van der Waals surface area contributed by atoms with Crippen LogP contribution in [0.2, 0.25) is 5.02 Å². The van der Waals surface area contributed by atoms with Crippen molar-refractivity contribution in [3.05, 3.63) is 64.1 Å². The summed E-state index contributed by atoms with van der Waals surface area (Å²) in [5.41, 5.74) is 1.12. The Kier molecular flexibility index (Phi) is 11.9. The van der Waals surface area contributed by atoms with Gasteiger partial charge in [-0.15, -0.1) is 16.4 Å². The number of carbonyl (C=O) groups is 4. The summed E-state index contributed by atoms with van der Waals surface area (Å²) in [7, 11) is 0. The van der Waals surface area contributed by atoms with E-state index in [0.29, 0.717) is 48.8 Å². The predicted octanol–water partition coefficient (Wildman–Crippen LogP) is 1.93. The zero-order valence-corrected chi connectivity index (χ0v) is 29.0. The van der Waals surface area contributed by atoms with Crippen molar-refractivity contribution in [1.82, 2.24) is 45.2 Å². The second-order valence-corrected chi connectivity index (χ2v) is 13.5. The second-order valence-electron chi connectivity index (χ2n) is 12.3. The molecule has 0 saturated carbocycles. The fraction of sp³-hybridized carbons (Fsp3) is 0.469. The lowest BCUT2D eigenvalue weighted by atomic mass is 10.0. The van der Waals surface area contributed by atoms with Crippen molar-refractivity contribution >= 4 is 51.5 Å². The summed E-state index contributed by atoms with van der Waals surface area (Å²) in [6.45, 7) is 6.57. The number of nitrogens with zero attached hydrogens (tertiary/aromatic N) is 6. The van der Waals surface area contributed by atoms with Crippen LogP contribution in [0.3, 0.4) is 0 Å². The molecule has 0 saturated heterocycles. The number of nitrogens with one attached hydrogen (secondary N) is 3. The molecule has 4 N–H and O–H groups in total. The Bertz CT molecular complexity index is 1760. The third kappa shape index (κ3) is 9.33. The molecule has 0 spiro atoms. The summed E-state index contributed by atoms with van der Waals surface area (Å²) < 4.78 is 9.30. The van der Waals surface area contributed by atoms with E-state index < -0.39 is 35.9 Å². The number of carbonyl (C=O) groups excluding carboxylic acids is 4. The van der Waals surface area contributed by atoms with E-state index in [-0.39, 0.29) is 47.7 Å². The number of thiazole rings is 1. The maximum Gasteiger partial charge on any atom is 0.274 e. The molecule has 2 aliphatic heterocycles. The van der Waals surface area contributed by atoms with Crippen molar-refractivity contribution < 1.29 is 29.0 Å². The van der Waals surface area contributed by atoms with Gasteiger partial charge in [0.1, 0.15) is 23.5 Å². The Morgan fingerprint density at radius 3 is 2.67 bits per heavy atom. The molecule has 1 aromatic carbocycles. The van der Waals surface area contributed by atoms with Gasteiger partial charge in [-0.2, -0.15) is 0 Å². The molecule has 6 rings (SSSR count). The van der Waals surface area contributed by atoms with Crippen LogP contribution in [0.15, 0.2) is 42.2 Å². The van der Waals surface area contributed by atoms with Crippen LogP contribution in [-0.4, -0.2) is 102 Å². The molecule has 3 aromatic heterocycles. The van der Waals surface area contributed by atoms with E-state index in [2.05, 4.69) is 31.2 Å². The molecule has 15 nitrogen and oxygen atoms in total. The molecule has 17 heteroatoms. The second kappa shape index (κ2) is 16.2. The van der Waals surface area contributed by atoms with Gasteiger partial charge in [-0.1, -0.05) is 30.7 Å². The molecule has 5 heterocycles. The number of hydrogen-bond acceptors (Lipinski definition) is 10. The largest absolute Gasteiger partial charge is 0.492 e. The van der Waals surface area contributed by atoms with Crippen LogP contribution in [0.5, 0.6) is 5.75 Å². The van der Waals surface area contributed by atoms with Crippen molar-refractivity contribution in [3.63, 3.8) is 0 Å². The molecule has 0 radical (unpaired) electrons. The molecular formula is C32H40ClN9O6S. The number of imidazole rings is 1. The van der Waals surface area contributed by atoms with Gasteiger partial charge in [0, 0.05) is 68.6 Å². The molecule has 262 valence electrons. The SMILES string of the molecule is CC(C)C[C@H]1NC(=O)[C@H]([C@@H](C)O)NC(=O)c2ccc(c(Cl)c2)OCCCn2cc(nn2)CCN(C(=O)c2cn3ccsc3n2)CCNC1=O. The highest BCUT2D eigenvalue weighted by atomic mass is 35.5. The number of hydrogen-bond donors (Lipinski definition) is 4. The number of fused-ring (bicyclic) bond motifs is 18. The van der Waals surface area contributed by atoms with Crippen LogP contribution in [0.25, 0.3) is 4.96 Å². The van der Waals surface area contributed by atoms with Crippen molar-refractivity contribution in [2.45, 2.75) is 64.8 Å². The van der Waals surface area contributed by atoms with Gasteiger partial charge in [-0.05, 0) is 37.5 Å². The fourth-order valence-electron chi connectivity index (χ4n) is 5.32. The van der Waals surface area contributed by atoms with E-state index in [9.17, 15) is 24.3 Å². The van der Waals surface area contributed by atoms with Crippen LogP contribution in [-0.2, 0) is 22.6 Å². The fourth-order valence-corrected chi connectivity index (χ4v) is 6.25. The maximum absolute atomic E-state index is 13.6. The highest BCUT2D eigenvalue weighted by molar-refractivity contribution is 7.15. The van der Waals surface area contributed by atoms with E-state index in [1.54, 1.807) is 26.2 Å². The lowest BCUT2D eigenvalue weighted by molar-refractivity contribution is -0.131. The number of benzene rings is 1. The molecule has 49 heavy (non-hydrogen) atoms. The standard InChI is InChI=1S/C32H40ClN9O6S/c1-19(2)15-24-29(45)34-8-11-40(31(47)25-18-41-12-14-49-32(41)36-25)10-7-22-17-42(39-38-22)9-4-13-48-26-6-5-21(16-23(26)33)28(44)37-27(20(3)43)30(46)35-24/h5-6,12,14,16-20,24,27,43H,4,7-11,13,15H2,1-3H3,(H,34,45)(H,35,46)(H,37,44)/t20-,24-,27+/m1/s1. The van der Waals surface area contributed by atoms with Gasteiger partial charge in [-0.25, -0.2) is 4.98 Å². The van der Waals surface area contributed by atoms with Crippen molar-refractivity contribution in [2.75, 3.05) is 26.2 Å². The number of aliphatic hydroxyl groups is 1. The smallest absolute Gasteiger partial charge is 0.274 e. The molecule has 3 atom stereocenters. The van der Waals surface area contributed by atoms with Gasteiger partial charge in [0.2, 0.25) is 11.8 Å². The van der Waals surface area contributed by atoms with Crippen LogP contribution in [0, 0.1) is 5.92 Å². The van der Waals surface area contributed by atoms with Gasteiger partial charge < -0.3 is 30.7 Å². The first-order valence-electron chi connectivity index (χ1n) is 16.1. The highest BCUT2D eigenvalue weighted by Crippen LogP contribution is 2.26. The summed E-state index contributed by atoms with van der Waals surface area (Å²) >= 11 is 7.82. The Hall–Kier alpha value is -4.54. The van der Waals surface area contributed by atoms with Gasteiger partial charge >= 0.3 is 0 Å². The number of amides is 4. The van der Waals surface area contributed by atoms with Crippen LogP contribution < -0.4 is 20.7 Å². The van der Waals surface area contributed by atoms with Crippen molar-refractivity contribution in [2.24, 2.45) is 5.92 Å². The molecule has 4 aromatic rings. The minimum Gasteiger partial charge on any atom is -0.492 e. The minimum atomic E-state index is -1.36. The highest BCUT2D eigenvalue weighted by Gasteiger charge is 2.31. The van der Waals surface area contributed by atoms with Gasteiger partial charge in [-0.3, -0.25) is 28.3 Å². The molecule has 0 aliphatic carbocycles. The first kappa shape index (κ1) is 35.8. The molecule has 4 amide bonds. The molecule has 0 fully saturated rings. The normalized spacial score (nSPS) is 19.6. The summed E-state index contributed by atoms with van der Waals surface area (Å²) in [4.78, 5) is 60.3. The van der Waals surface area contributed by atoms with Crippen molar-refractivity contribution in [3.8, 4) is 5.75 Å². The van der Waals surface area contributed by atoms with E-state index in [1.807, 2.05) is 31.6 Å². The summed E-state index contributed by atoms with van der Waals surface area (Å²) in [6.07, 6.45) is 5.33. The van der Waals surface area contributed by atoms with Gasteiger partial charge in [0.15, 0.2) is 4.96 Å². The molecule has 0 unspecified atom stereocenters. The van der Waals surface area contributed by atoms with Crippen LogP contribution in [0.1, 0.15) is 60.2 Å². The topological polar surface area (TPSA) is 185 Å². The van der Waals surface area contributed by atoms with E-state index >= 15 is 0 Å². The zero-order valence-electron chi connectivity index (χ0n) is 27.5. The average molecular weight is 714 g/mol. The number of aromatic nitrogens is 5. The van der Waals surface area contributed by atoms with Gasteiger partial charge in [0.05, 0.1) is 23.4 Å². The Labute approximate surface area is 292 Å². The lowest BCUT2D eigenvalue weighted by Gasteiger charge is -2.26. The first-order chi connectivity index (χ1) is 23.5. The first-order valence-corrected chi connectivity index (χ1v) is 17.3. The summed E-state index contributed by atoms with van der Waals surface area (Å²) in [5, 5.41) is 29.1. The average Bonchev–Trinajstić information content (AvgIpc) is 3.80. The van der Waals surface area contributed by atoms with E-state index in [1.165, 1.54) is 30.4 Å². The third-order valence-electron chi connectivity index (χ3n) is 7.88. The quantitative estimate of drug-likeness (QED) is 0.230. The van der Waals surface area contributed by atoms with Crippen molar-refractivity contribution in [1.29, 1.82) is 0 Å². The lowest BCUT2D eigenvalue weighted by Crippen LogP contribution is -2.57. The van der Waals surface area contributed by atoms with E-state index in [0.717, 1.165) is 0 Å². The monoisotopic (exact) mass is 713 g/mol. The van der Waals surface area contributed by atoms with E-state index in [4.69, 9.17) is 16.3 Å². The maximum atomic E-state index is 13.6. The summed E-state index contributed by atoms with van der Waals surface area (Å²) in [6, 6.07) is 2.16. The Morgan fingerprint density at radius 2 is 1.94 bits per heavy atom. The van der Waals surface area contributed by atoms with Crippen LogP contribution in [0.4, 0.5) is 0 Å². The zero-order chi connectivity index (χ0) is 35.1. The molecule has 4 bridgehead atoms. The number of aryl methyl sites for hydroxylation is 1. The van der Waals surface area contributed by atoms with Gasteiger partial charge in [0.25, 0.3) is 11.8 Å². The number of aliphatic hydroxyl groups excluding tert-OH is 1. The molecule has 2 aliphatic rings. The predicted molar refractivity (Wildman–Crippen MR) is 182 cm³/mol. The number of rotatable bonds is 4. The number of halogens is 1. The molecular weight excluding hydrogens is 674 g/mol.